The zero-order valence-electron chi connectivity index (χ0n) is 7.52. The zero-order chi connectivity index (χ0) is 10.0. The molecule has 1 aliphatic carbocycles. The first-order valence-corrected chi connectivity index (χ1v) is 4.67. The van der Waals surface area contributed by atoms with Crippen molar-refractivity contribution in [1.29, 1.82) is 0 Å². The van der Waals surface area contributed by atoms with Crippen molar-refractivity contribution >= 4 is 17.5 Å². The minimum atomic E-state index is -1.02. The maximum Gasteiger partial charge on any atom is 0.217 e. The molecule has 0 saturated heterocycles. The highest BCUT2D eigenvalue weighted by atomic mass is 35.5. The average molecular weight is 206 g/mol. The summed E-state index contributed by atoms with van der Waals surface area (Å²) in [6.07, 6.45) is -0.340. The number of nitrogens with one attached hydrogen (secondary N) is 1. The first-order valence-electron chi connectivity index (χ1n) is 4.23. The fourth-order valence-electron chi connectivity index (χ4n) is 1.47. The van der Waals surface area contributed by atoms with Crippen LogP contribution < -0.4 is 5.32 Å². The number of alkyl halides is 2. The minimum absolute atomic E-state index is 0.138. The van der Waals surface area contributed by atoms with Gasteiger partial charge in [0, 0.05) is 19.4 Å². The van der Waals surface area contributed by atoms with E-state index in [-0.39, 0.29) is 23.7 Å². The molecular weight excluding hydrogens is 193 g/mol. The minimum Gasteiger partial charge on any atom is -0.352 e. The highest BCUT2D eigenvalue weighted by molar-refractivity contribution is 6.21. The van der Waals surface area contributed by atoms with Gasteiger partial charge in [0.1, 0.15) is 6.17 Å². The normalized spacial score (nSPS) is 34.4. The highest BCUT2D eigenvalue weighted by Gasteiger charge is 2.31. The molecule has 0 aromatic carbocycles. The lowest BCUT2D eigenvalue weighted by Gasteiger charge is -2.31. The van der Waals surface area contributed by atoms with Gasteiger partial charge in [-0.15, -0.1) is 11.6 Å². The molecule has 0 bridgehead atoms. The Balaban J connectivity index is 2.56. The summed E-state index contributed by atoms with van der Waals surface area (Å²) in [7, 11) is 0. The van der Waals surface area contributed by atoms with Crippen LogP contribution in [0.5, 0.6) is 0 Å². The molecule has 74 valence electrons. The second kappa shape index (κ2) is 4.09. The van der Waals surface area contributed by atoms with Gasteiger partial charge in [0.05, 0.1) is 5.38 Å². The molecule has 1 aliphatic rings. The lowest BCUT2D eigenvalue weighted by Crippen LogP contribution is -2.44. The lowest BCUT2D eigenvalue weighted by molar-refractivity contribution is -0.119. The van der Waals surface area contributed by atoms with Gasteiger partial charge in [-0.1, -0.05) is 6.58 Å². The maximum atomic E-state index is 13.0. The van der Waals surface area contributed by atoms with E-state index >= 15 is 0 Å². The molecule has 0 radical (unpaired) electrons. The monoisotopic (exact) mass is 205 g/mol. The number of halogens is 2. The van der Waals surface area contributed by atoms with Crippen molar-refractivity contribution < 1.29 is 9.18 Å². The van der Waals surface area contributed by atoms with Gasteiger partial charge in [0.2, 0.25) is 5.91 Å². The van der Waals surface area contributed by atoms with Crippen molar-refractivity contribution in [2.24, 2.45) is 0 Å². The summed E-state index contributed by atoms with van der Waals surface area (Å²) in [5.74, 6) is -0.138. The Morgan fingerprint density at radius 2 is 2.38 bits per heavy atom. The summed E-state index contributed by atoms with van der Waals surface area (Å²) in [4.78, 5) is 10.8. The summed E-state index contributed by atoms with van der Waals surface area (Å²) in [6, 6.07) is -0.168. The first kappa shape index (κ1) is 10.5. The predicted octanol–water partition coefficient (Wildman–Crippen LogP) is 1.79. The van der Waals surface area contributed by atoms with Gasteiger partial charge in [-0.05, 0) is 12.0 Å². The van der Waals surface area contributed by atoms with E-state index in [4.69, 9.17) is 11.6 Å². The third kappa shape index (κ3) is 2.69. The molecule has 13 heavy (non-hydrogen) atoms. The van der Waals surface area contributed by atoms with Gasteiger partial charge < -0.3 is 5.32 Å². The highest BCUT2D eigenvalue weighted by Crippen LogP contribution is 2.28. The summed E-state index contributed by atoms with van der Waals surface area (Å²) in [5, 5.41) is 2.35. The van der Waals surface area contributed by atoms with E-state index in [9.17, 15) is 9.18 Å². The second-order valence-corrected chi connectivity index (χ2v) is 3.95. The van der Waals surface area contributed by atoms with Gasteiger partial charge in [-0.2, -0.15) is 0 Å². The molecule has 1 N–H and O–H groups in total. The molecule has 3 unspecified atom stereocenters. The van der Waals surface area contributed by atoms with Crippen LogP contribution >= 0.6 is 11.6 Å². The third-order valence-corrected chi connectivity index (χ3v) is 2.66. The predicted molar refractivity (Wildman–Crippen MR) is 50.5 cm³/mol. The van der Waals surface area contributed by atoms with Crippen molar-refractivity contribution in [3.63, 3.8) is 0 Å². The number of carbonyl (C=O) groups is 1. The zero-order valence-corrected chi connectivity index (χ0v) is 8.27. The molecule has 0 aromatic rings. The Kier molecular flexibility index (Phi) is 3.31. The molecule has 4 heteroatoms. The Hall–Kier alpha value is -0.570. The van der Waals surface area contributed by atoms with Crippen molar-refractivity contribution in [2.75, 3.05) is 0 Å². The van der Waals surface area contributed by atoms with Crippen molar-refractivity contribution in [3.8, 4) is 0 Å². The van der Waals surface area contributed by atoms with Crippen LogP contribution in [-0.2, 0) is 4.79 Å². The van der Waals surface area contributed by atoms with Crippen LogP contribution in [0, 0.1) is 0 Å². The standard InChI is InChI=1S/C9H13ClFNO/c1-5-3-9(12-6(2)13)7(10)4-8(5)11/h7-9H,1,3-4H2,2H3,(H,12,13). The fraction of sp³-hybridized carbons (Fsp3) is 0.667. The summed E-state index contributed by atoms with van der Waals surface area (Å²) in [5.41, 5.74) is 0.524. The van der Waals surface area contributed by atoms with E-state index in [0.717, 1.165) is 0 Å². The second-order valence-electron chi connectivity index (χ2n) is 3.39. The fourth-order valence-corrected chi connectivity index (χ4v) is 1.78. The number of hydrogen-bond acceptors (Lipinski definition) is 1. The summed E-state index contributed by atoms with van der Waals surface area (Å²) < 4.78 is 13.0. The quantitative estimate of drug-likeness (QED) is 0.513. The van der Waals surface area contributed by atoms with Crippen LogP contribution in [0.4, 0.5) is 4.39 Å². The molecule has 1 fully saturated rings. The van der Waals surface area contributed by atoms with Crippen LogP contribution in [0.3, 0.4) is 0 Å². The van der Waals surface area contributed by atoms with E-state index in [1.54, 1.807) is 0 Å². The van der Waals surface area contributed by atoms with Crippen LogP contribution in [0.2, 0.25) is 0 Å². The van der Waals surface area contributed by atoms with E-state index in [1.807, 2.05) is 0 Å². The SMILES string of the molecule is C=C1CC(NC(C)=O)C(Cl)CC1F. The molecule has 1 amide bonds. The average Bonchev–Trinajstić information content (AvgIpc) is 1.99. The van der Waals surface area contributed by atoms with E-state index < -0.39 is 6.17 Å². The summed E-state index contributed by atoms with van der Waals surface area (Å²) >= 11 is 5.89. The molecule has 0 aliphatic heterocycles. The number of carbonyl (C=O) groups excluding carboxylic acids is 1. The molecule has 1 rings (SSSR count). The van der Waals surface area contributed by atoms with Crippen LogP contribution in [-0.4, -0.2) is 23.5 Å². The Morgan fingerprint density at radius 1 is 1.77 bits per heavy atom. The van der Waals surface area contributed by atoms with Crippen molar-refractivity contribution in [2.45, 2.75) is 37.4 Å². The maximum absolute atomic E-state index is 13.0. The van der Waals surface area contributed by atoms with Crippen molar-refractivity contribution in [3.05, 3.63) is 12.2 Å². The van der Waals surface area contributed by atoms with Gasteiger partial charge in [0.15, 0.2) is 0 Å². The van der Waals surface area contributed by atoms with Gasteiger partial charge in [-0.3, -0.25) is 4.79 Å². The number of rotatable bonds is 1. The van der Waals surface area contributed by atoms with E-state index in [2.05, 4.69) is 11.9 Å². The molecule has 3 atom stereocenters. The topological polar surface area (TPSA) is 29.1 Å². The molecule has 0 aromatic heterocycles. The molecular formula is C9H13ClFNO. The lowest BCUT2D eigenvalue weighted by atomic mass is 9.89. The van der Waals surface area contributed by atoms with E-state index in [1.165, 1.54) is 6.92 Å². The Bertz CT molecular complexity index is 232. The Morgan fingerprint density at radius 3 is 2.92 bits per heavy atom. The summed E-state index contributed by atoms with van der Waals surface area (Å²) in [6.45, 7) is 5.03. The number of amides is 1. The van der Waals surface area contributed by atoms with Gasteiger partial charge in [-0.25, -0.2) is 4.39 Å². The van der Waals surface area contributed by atoms with Gasteiger partial charge in [0.25, 0.3) is 0 Å². The Labute approximate surface area is 82.1 Å². The number of hydrogen-bond donors (Lipinski definition) is 1. The first-order chi connectivity index (χ1) is 6.00. The van der Waals surface area contributed by atoms with Gasteiger partial charge >= 0.3 is 0 Å². The smallest absolute Gasteiger partial charge is 0.217 e. The molecule has 0 heterocycles. The van der Waals surface area contributed by atoms with Crippen LogP contribution in [0.1, 0.15) is 19.8 Å². The van der Waals surface area contributed by atoms with Crippen LogP contribution in [0.15, 0.2) is 12.2 Å². The molecule has 0 spiro atoms. The molecule has 2 nitrogen and oxygen atoms in total. The molecule has 1 saturated carbocycles. The van der Waals surface area contributed by atoms with Crippen molar-refractivity contribution in [1.82, 2.24) is 5.32 Å². The van der Waals surface area contributed by atoms with E-state index in [0.29, 0.717) is 12.0 Å². The largest absolute Gasteiger partial charge is 0.352 e. The third-order valence-electron chi connectivity index (χ3n) is 2.18. The van der Waals surface area contributed by atoms with Crippen LogP contribution in [0.25, 0.3) is 0 Å².